The molecule has 0 saturated carbocycles. The van der Waals surface area contributed by atoms with Gasteiger partial charge in [-0.3, -0.25) is 0 Å². The predicted molar refractivity (Wildman–Crippen MR) is 62.5 cm³/mol. The monoisotopic (exact) mass is 189 g/mol. The minimum atomic E-state index is 1.09. The predicted octanol–water partition coefficient (Wildman–Crippen LogP) is 3.32. The minimum Gasteiger partial charge on any atom is -0.352 e. The summed E-state index contributed by atoms with van der Waals surface area (Å²) in [7, 11) is 2.12. The fraction of sp³-hybridized carbons (Fsp3) is 0.385. The van der Waals surface area contributed by atoms with E-state index in [2.05, 4.69) is 44.2 Å². The molecule has 0 unspecified atom stereocenters. The average molecular weight is 189 g/mol. The van der Waals surface area contributed by atoms with Gasteiger partial charge in [0.2, 0.25) is 0 Å². The second-order valence-electron chi connectivity index (χ2n) is 3.66. The first kappa shape index (κ1) is 10.8. The van der Waals surface area contributed by atoms with Gasteiger partial charge in [-0.2, -0.15) is 0 Å². The van der Waals surface area contributed by atoms with Crippen LogP contribution in [0, 0.1) is 13.8 Å². The topological polar surface area (TPSA) is 4.93 Å². The first-order chi connectivity index (χ1) is 6.66. The van der Waals surface area contributed by atoms with Gasteiger partial charge in [0.05, 0.1) is 0 Å². The first-order valence-electron chi connectivity index (χ1n) is 5.06. The number of hydrogen-bond donors (Lipinski definition) is 0. The highest BCUT2D eigenvalue weighted by Gasteiger charge is 2.03. The summed E-state index contributed by atoms with van der Waals surface area (Å²) in [6, 6.07) is 2.27. The minimum absolute atomic E-state index is 1.09. The highest BCUT2D eigenvalue weighted by molar-refractivity contribution is 5.26. The molecule has 0 fully saturated rings. The van der Waals surface area contributed by atoms with Crippen molar-refractivity contribution < 1.29 is 0 Å². The maximum absolute atomic E-state index is 3.65. The standard InChI is InChI=1S/C13H19N/c1-5-6-7-8-9-13-10-11(2)14(4)12(13)3/h5-7,10H,1,8-9H2,2-4H3/b7-6-. The zero-order valence-electron chi connectivity index (χ0n) is 9.38. The Morgan fingerprint density at radius 1 is 1.43 bits per heavy atom. The fourth-order valence-electron chi connectivity index (χ4n) is 1.62. The highest BCUT2D eigenvalue weighted by Crippen LogP contribution is 2.14. The molecule has 76 valence electrons. The molecule has 14 heavy (non-hydrogen) atoms. The van der Waals surface area contributed by atoms with E-state index in [0.717, 1.165) is 12.8 Å². The molecule has 0 radical (unpaired) electrons. The van der Waals surface area contributed by atoms with E-state index in [4.69, 9.17) is 0 Å². The van der Waals surface area contributed by atoms with Crippen LogP contribution in [-0.4, -0.2) is 4.57 Å². The molecule has 1 heteroatoms. The molecule has 0 aliphatic heterocycles. The molecule has 0 amide bonds. The molecule has 0 N–H and O–H groups in total. The lowest BCUT2D eigenvalue weighted by molar-refractivity contribution is 0.832. The fourth-order valence-corrected chi connectivity index (χ4v) is 1.62. The summed E-state index contributed by atoms with van der Waals surface area (Å²) in [5, 5.41) is 0. The largest absolute Gasteiger partial charge is 0.352 e. The van der Waals surface area contributed by atoms with E-state index in [1.54, 1.807) is 0 Å². The van der Waals surface area contributed by atoms with E-state index < -0.39 is 0 Å². The van der Waals surface area contributed by atoms with Crippen LogP contribution in [0.3, 0.4) is 0 Å². The lowest BCUT2D eigenvalue weighted by atomic mass is 10.1. The third-order valence-corrected chi connectivity index (χ3v) is 2.73. The van der Waals surface area contributed by atoms with E-state index in [9.17, 15) is 0 Å². The molecule has 0 aliphatic rings. The van der Waals surface area contributed by atoms with Gasteiger partial charge in [0, 0.05) is 18.4 Å². The molecule has 1 nitrogen and oxygen atoms in total. The van der Waals surface area contributed by atoms with E-state index in [0.29, 0.717) is 0 Å². The van der Waals surface area contributed by atoms with E-state index in [-0.39, 0.29) is 0 Å². The van der Waals surface area contributed by atoms with Crippen LogP contribution in [0.1, 0.15) is 23.4 Å². The van der Waals surface area contributed by atoms with Crippen LogP contribution in [-0.2, 0) is 13.5 Å². The van der Waals surface area contributed by atoms with Crippen molar-refractivity contribution in [2.24, 2.45) is 7.05 Å². The molecule has 1 aromatic rings. The molecule has 0 bridgehead atoms. The van der Waals surface area contributed by atoms with Gasteiger partial charge in [-0.1, -0.05) is 24.8 Å². The Morgan fingerprint density at radius 3 is 2.64 bits per heavy atom. The summed E-state index contributed by atoms with van der Waals surface area (Å²) in [6.07, 6.45) is 8.21. The second kappa shape index (κ2) is 4.85. The third-order valence-electron chi connectivity index (χ3n) is 2.73. The quantitative estimate of drug-likeness (QED) is 0.640. The smallest absolute Gasteiger partial charge is 0.0175 e. The van der Waals surface area contributed by atoms with E-state index >= 15 is 0 Å². The maximum Gasteiger partial charge on any atom is 0.0175 e. The van der Waals surface area contributed by atoms with Gasteiger partial charge in [0.15, 0.2) is 0 Å². The van der Waals surface area contributed by atoms with Crippen molar-refractivity contribution in [1.82, 2.24) is 4.57 Å². The van der Waals surface area contributed by atoms with Crippen molar-refractivity contribution >= 4 is 0 Å². The summed E-state index contributed by atoms with van der Waals surface area (Å²) < 4.78 is 2.24. The molecule has 0 aromatic carbocycles. The van der Waals surface area contributed by atoms with Crippen LogP contribution in [0.5, 0.6) is 0 Å². The zero-order valence-corrected chi connectivity index (χ0v) is 9.38. The Bertz CT molecular complexity index is 342. The van der Waals surface area contributed by atoms with Gasteiger partial charge in [-0.25, -0.2) is 0 Å². The SMILES string of the molecule is C=C/C=C\CCc1cc(C)n(C)c1C. The van der Waals surface area contributed by atoms with E-state index in [1.165, 1.54) is 17.0 Å². The summed E-state index contributed by atoms with van der Waals surface area (Å²) in [6.45, 7) is 7.98. The van der Waals surface area contributed by atoms with Crippen molar-refractivity contribution in [1.29, 1.82) is 0 Å². The molecule has 0 spiro atoms. The molecule has 1 heterocycles. The number of rotatable bonds is 4. The van der Waals surface area contributed by atoms with E-state index in [1.807, 2.05) is 12.2 Å². The van der Waals surface area contributed by atoms with Crippen LogP contribution in [0.4, 0.5) is 0 Å². The maximum atomic E-state index is 3.65. The lowest BCUT2D eigenvalue weighted by Gasteiger charge is -2.00. The summed E-state index contributed by atoms with van der Waals surface area (Å²) in [4.78, 5) is 0. The van der Waals surface area contributed by atoms with Crippen LogP contribution < -0.4 is 0 Å². The van der Waals surface area contributed by atoms with Crippen LogP contribution in [0.2, 0.25) is 0 Å². The third kappa shape index (κ3) is 2.38. The highest BCUT2D eigenvalue weighted by atomic mass is 14.9. The van der Waals surface area contributed by atoms with Crippen LogP contribution in [0.25, 0.3) is 0 Å². The number of aryl methyl sites for hydroxylation is 2. The molecule has 1 rings (SSSR count). The van der Waals surface area contributed by atoms with Crippen LogP contribution >= 0.6 is 0 Å². The van der Waals surface area contributed by atoms with Crippen molar-refractivity contribution in [3.05, 3.63) is 47.8 Å². The Balaban J connectivity index is 2.63. The second-order valence-corrected chi connectivity index (χ2v) is 3.66. The van der Waals surface area contributed by atoms with Crippen LogP contribution in [0.15, 0.2) is 30.9 Å². The molecule has 0 saturated heterocycles. The van der Waals surface area contributed by atoms with Gasteiger partial charge >= 0.3 is 0 Å². The molecular formula is C13H19N. The zero-order chi connectivity index (χ0) is 10.6. The summed E-state index contributed by atoms with van der Waals surface area (Å²) in [5.41, 5.74) is 4.18. The summed E-state index contributed by atoms with van der Waals surface area (Å²) >= 11 is 0. The van der Waals surface area contributed by atoms with Gasteiger partial charge in [-0.05, 0) is 38.3 Å². The Hall–Kier alpha value is -1.24. The first-order valence-corrected chi connectivity index (χ1v) is 5.06. The van der Waals surface area contributed by atoms with Crippen molar-refractivity contribution in [3.8, 4) is 0 Å². The van der Waals surface area contributed by atoms with Gasteiger partial charge < -0.3 is 4.57 Å². The molecule has 1 aromatic heterocycles. The average Bonchev–Trinajstić information content (AvgIpc) is 2.41. The lowest BCUT2D eigenvalue weighted by Crippen LogP contribution is -1.94. The normalized spacial score (nSPS) is 11.1. The number of hydrogen-bond acceptors (Lipinski definition) is 0. The summed E-state index contributed by atoms with van der Waals surface area (Å²) in [5.74, 6) is 0. The number of allylic oxidation sites excluding steroid dienone is 3. The Labute approximate surface area is 86.8 Å². The van der Waals surface area contributed by atoms with Gasteiger partial charge in [-0.15, -0.1) is 0 Å². The Morgan fingerprint density at radius 2 is 2.14 bits per heavy atom. The van der Waals surface area contributed by atoms with Gasteiger partial charge in [0.1, 0.15) is 0 Å². The van der Waals surface area contributed by atoms with Crippen molar-refractivity contribution in [3.63, 3.8) is 0 Å². The molecule has 0 atom stereocenters. The van der Waals surface area contributed by atoms with Gasteiger partial charge in [0.25, 0.3) is 0 Å². The molecule has 0 aliphatic carbocycles. The van der Waals surface area contributed by atoms with Crippen molar-refractivity contribution in [2.75, 3.05) is 0 Å². The number of nitrogens with zero attached hydrogens (tertiary/aromatic N) is 1. The number of aromatic nitrogens is 1. The molecular weight excluding hydrogens is 170 g/mol. The van der Waals surface area contributed by atoms with Crippen molar-refractivity contribution in [2.45, 2.75) is 26.7 Å². The Kier molecular flexibility index (Phi) is 3.75.